The van der Waals surface area contributed by atoms with Crippen LogP contribution in [-0.4, -0.2) is 67.3 Å². The second-order valence-electron chi connectivity index (χ2n) is 9.41. The van der Waals surface area contributed by atoms with Crippen molar-refractivity contribution >= 4 is 28.5 Å². The Morgan fingerprint density at radius 1 is 1.03 bits per heavy atom. The molecule has 0 aliphatic carbocycles. The van der Waals surface area contributed by atoms with Gasteiger partial charge in [-0.05, 0) is 56.7 Å². The molecule has 34 heavy (non-hydrogen) atoms. The molecule has 0 saturated carbocycles. The van der Waals surface area contributed by atoms with Gasteiger partial charge in [0, 0.05) is 50.5 Å². The van der Waals surface area contributed by atoms with Crippen molar-refractivity contribution < 1.29 is 10.2 Å². The summed E-state index contributed by atoms with van der Waals surface area (Å²) in [4.78, 5) is 23.2. The van der Waals surface area contributed by atoms with Gasteiger partial charge >= 0.3 is 0 Å². The van der Waals surface area contributed by atoms with Crippen LogP contribution < -0.4 is 10.2 Å². The van der Waals surface area contributed by atoms with Gasteiger partial charge in [0.2, 0.25) is 5.95 Å². The number of rotatable bonds is 6. The van der Waals surface area contributed by atoms with Gasteiger partial charge in [0.15, 0.2) is 5.82 Å². The van der Waals surface area contributed by atoms with E-state index >= 15 is 0 Å². The molecule has 3 N–H and O–H groups in total. The Morgan fingerprint density at radius 2 is 1.82 bits per heavy atom. The third-order valence-electron chi connectivity index (χ3n) is 6.68. The van der Waals surface area contributed by atoms with E-state index in [0.29, 0.717) is 17.5 Å². The third kappa shape index (κ3) is 5.27. The molecule has 2 fully saturated rings. The Kier molecular flexibility index (Phi) is 6.85. The van der Waals surface area contributed by atoms with Crippen molar-refractivity contribution in [3.05, 3.63) is 41.9 Å². The van der Waals surface area contributed by atoms with E-state index in [-0.39, 0.29) is 6.10 Å². The molecule has 180 valence electrons. The lowest BCUT2D eigenvalue weighted by molar-refractivity contribution is 0.0792. The van der Waals surface area contributed by atoms with Crippen molar-refractivity contribution in [2.75, 3.05) is 36.4 Å². The van der Waals surface area contributed by atoms with Gasteiger partial charge in [0.05, 0.1) is 17.9 Å². The van der Waals surface area contributed by atoms with Crippen LogP contribution in [0.25, 0.3) is 10.9 Å². The maximum Gasteiger partial charge on any atom is 0.229 e. The summed E-state index contributed by atoms with van der Waals surface area (Å²) >= 11 is 0. The monoisotopic (exact) mass is 463 g/mol. The Morgan fingerprint density at radius 3 is 2.53 bits per heavy atom. The average molecular weight is 464 g/mol. The first-order valence-corrected chi connectivity index (χ1v) is 12.3. The molecule has 0 spiro atoms. The van der Waals surface area contributed by atoms with Crippen LogP contribution in [0.5, 0.6) is 0 Å². The van der Waals surface area contributed by atoms with Crippen molar-refractivity contribution in [1.82, 2.24) is 24.8 Å². The van der Waals surface area contributed by atoms with E-state index in [1.54, 1.807) is 13.1 Å². The molecule has 0 amide bonds. The molecule has 0 bridgehead atoms. The average Bonchev–Trinajstić information content (AvgIpc) is 2.86. The van der Waals surface area contributed by atoms with Crippen molar-refractivity contribution in [2.45, 2.75) is 57.8 Å². The number of hydrogen-bond acceptors (Lipinski definition) is 9. The van der Waals surface area contributed by atoms with Crippen LogP contribution in [0.1, 0.15) is 56.4 Å². The maximum atomic E-state index is 10.1. The standard InChI is InChI=1S/C25H33N7O2/c1-17(33)21-13-19-15-27-25(30-23(19)24(28-21)32-9-3-2-4-10-32)29-22-6-5-18(14-26-22)16-31-11-7-20(34)8-12-31/h5-6,13-15,17,20,33-34H,2-4,7-12,16H2,1H3,(H,26,27,29,30)/t17-/m1/s1. The zero-order valence-corrected chi connectivity index (χ0v) is 19.7. The van der Waals surface area contributed by atoms with Gasteiger partial charge in [0.1, 0.15) is 11.3 Å². The minimum Gasteiger partial charge on any atom is -0.393 e. The van der Waals surface area contributed by atoms with E-state index < -0.39 is 6.10 Å². The Labute approximate surface area is 199 Å². The number of nitrogens with zero attached hydrogens (tertiary/aromatic N) is 6. The summed E-state index contributed by atoms with van der Waals surface area (Å²) in [5.41, 5.74) is 2.56. The van der Waals surface area contributed by atoms with Gasteiger partial charge in [-0.1, -0.05) is 6.07 Å². The van der Waals surface area contributed by atoms with Gasteiger partial charge in [0.25, 0.3) is 0 Å². The second kappa shape index (κ2) is 10.2. The lowest BCUT2D eigenvalue weighted by Gasteiger charge is -2.29. The van der Waals surface area contributed by atoms with Crippen LogP contribution in [0.3, 0.4) is 0 Å². The lowest BCUT2D eigenvalue weighted by atomic mass is 10.1. The fraction of sp³-hybridized carbons (Fsp3) is 0.520. The predicted molar refractivity (Wildman–Crippen MR) is 132 cm³/mol. The molecule has 1 atom stereocenters. The zero-order chi connectivity index (χ0) is 23.5. The van der Waals surface area contributed by atoms with Gasteiger partial charge in [-0.2, -0.15) is 0 Å². The molecular formula is C25H33N7O2. The van der Waals surface area contributed by atoms with Gasteiger partial charge in [-0.3, -0.25) is 4.90 Å². The quantitative estimate of drug-likeness (QED) is 0.508. The van der Waals surface area contributed by atoms with Gasteiger partial charge in [-0.15, -0.1) is 0 Å². The summed E-state index contributed by atoms with van der Waals surface area (Å²) in [7, 11) is 0. The summed E-state index contributed by atoms with van der Waals surface area (Å²) in [6, 6.07) is 5.88. The van der Waals surface area contributed by atoms with Crippen LogP contribution in [0, 0.1) is 0 Å². The number of hydrogen-bond donors (Lipinski definition) is 3. The molecule has 0 unspecified atom stereocenters. The third-order valence-corrected chi connectivity index (χ3v) is 6.68. The molecule has 2 aliphatic heterocycles. The number of aromatic nitrogens is 4. The minimum absolute atomic E-state index is 0.160. The minimum atomic E-state index is -0.650. The number of aliphatic hydroxyl groups excluding tert-OH is 2. The highest BCUT2D eigenvalue weighted by molar-refractivity contribution is 5.89. The first-order valence-electron chi connectivity index (χ1n) is 12.3. The van der Waals surface area contributed by atoms with E-state index in [1.807, 2.05) is 18.3 Å². The highest BCUT2D eigenvalue weighted by Crippen LogP contribution is 2.29. The van der Waals surface area contributed by atoms with Crippen molar-refractivity contribution in [2.24, 2.45) is 0 Å². The van der Waals surface area contributed by atoms with E-state index in [2.05, 4.69) is 31.2 Å². The molecule has 5 heterocycles. The van der Waals surface area contributed by atoms with Crippen LogP contribution in [-0.2, 0) is 6.54 Å². The summed E-state index contributed by atoms with van der Waals surface area (Å²) in [5, 5.41) is 23.9. The van der Waals surface area contributed by atoms with E-state index in [0.717, 1.165) is 80.7 Å². The first kappa shape index (κ1) is 22.9. The van der Waals surface area contributed by atoms with Crippen LogP contribution in [0.4, 0.5) is 17.6 Å². The summed E-state index contributed by atoms with van der Waals surface area (Å²) in [6.07, 6.45) is 8.01. The van der Waals surface area contributed by atoms with Crippen molar-refractivity contribution in [3.63, 3.8) is 0 Å². The lowest BCUT2D eigenvalue weighted by Crippen LogP contribution is -2.35. The molecule has 9 heteroatoms. The van der Waals surface area contributed by atoms with Crippen LogP contribution >= 0.6 is 0 Å². The summed E-state index contributed by atoms with van der Waals surface area (Å²) in [5.74, 6) is 1.97. The predicted octanol–water partition coefficient (Wildman–Crippen LogP) is 3.16. The van der Waals surface area contributed by atoms with Gasteiger partial charge in [-0.25, -0.2) is 19.9 Å². The van der Waals surface area contributed by atoms with Crippen molar-refractivity contribution in [3.8, 4) is 0 Å². The molecule has 0 aromatic carbocycles. The molecule has 5 rings (SSSR count). The molecule has 2 saturated heterocycles. The van der Waals surface area contributed by atoms with Gasteiger partial charge < -0.3 is 20.4 Å². The van der Waals surface area contributed by atoms with E-state index in [1.165, 1.54) is 6.42 Å². The topological polar surface area (TPSA) is 111 Å². The molecule has 9 nitrogen and oxygen atoms in total. The molecule has 3 aromatic heterocycles. The van der Waals surface area contributed by atoms with E-state index in [9.17, 15) is 10.2 Å². The Balaban J connectivity index is 1.35. The number of fused-ring (bicyclic) bond motifs is 1. The molecule has 2 aliphatic rings. The number of nitrogens with one attached hydrogen (secondary N) is 1. The number of piperidine rings is 2. The normalized spacial score (nSPS) is 18.9. The SMILES string of the molecule is C[C@@H](O)c1cc2cnc(Nc3ccc(CN4CCC(O)CC4)cn3)nc2c(N2CCCCC2)n1. The molecule has 3 aromatic rings. The fourth-order valence-electron chi connectivity index (χ4n) is 4.69. The first-order chi connectivity index (χ1) is 16.5. The number of aliphatic hydroxyl groups is 2. The Bertz CT molecular complexity index is 1110. The van der Waals surface area contributed by atoms with E-state index in [4.69, 9.17) is 9.97 Å². The number of anilines is 3. The molecular weight excluding hydrogens is 430 g/mol. The maximum absolute atomic E-state index is 10.1. The highest BCUT2D eigenvalue weighted by Gasteiger charge is 2.20. The zero-order valence-electron chi connectivity index (χ0n) is 19.7. The summed E-state index contributed by atoms with van der Waals surface area (Å²) in [6.45, 7) is 6.28. The number of likely N-dealkylation sites (tertiary alicyclic amines) is 1. The smallest absolute Gasteiger partial charge is 0.229 e. The largest absolute Gasteiger partial charge is 0.393 e. The highest BCUT2D eigenvalue weighted by atomic mass is 16.3. The van der Waals surface area contributed by atoms with Crippen LogP contribution in [0.2, 0.25) is 0 Å². The number of pyridine rings is 2. The van der Waals surface area contributed by atoms with Crippen LogP contribution in [0.15, 0.2) is 30.6 Å². The second-order valence-corrected chi connectivity index (χ2v) is 9.41. The van der Waals surface area contributed by atoms with Crippen molar-refractivity contribution in [1.29, 1.82) is 0 Å². The Hall–Kier alpha value is -2.88. The molecule has 0 radical (unpaired) electrons. The fourth-order valence-corrected chi connectivity index (χ4v) is 4.69. The summed E-state index contributed by atoms with van der Waals surface area (Å²) < 4.78 is 0.